The van der Waals surface area contributed by atoms with Crippen molar-refractivity contribution in [2.45, 2.75) is 6.92 Å². The van der Waals surface area contributed by atoms with Crippen LogP contribution in [0.2, 0.25) is 5.15 Å². The SMILES string of the molecule is CCNC(=O)CN1CCN(C(=O)c2c(Cl)nc3ccccn23)CC1. The van der Waals surface area contributed by atoms with Crippen molar-refractivity contribution in [3.05, 3.63) is 35.2 Å². The fourth-order valence-corrected chi connectivity index (χ4v) is 3.13. The Morgan fingerprint density at radius 3 is 2.71 bits per heavy atom. The van der Waals surface area contributed by atoms with E-state index in [1.54, 1.807) is 15.5 Å². The van der Waals surface area contributed by atoms with E-state index in [1.807, 2.05) is 30.0 Å². The monoisotopic (exact) mass is 349 g/mol. The molecule has 0 spiro atoms. The molecule has 8 heteroatoms. The topological polar surface area (TPSA) is 70.0 Å². The highest BCUT2D eigenvalue weighted by Crippen LogP contribution is 2.20. The fourth-order valence-electron chi connectivity index (χ4n) is 2.87. The van der Waals surface area contributed by atoms with Gasteiger partial charge in [-0.3, -0.25) is 18.9 Å². The van der Waals surface area contributed by atoms with Crippen LogP contribution < -0.4 is 5.32 Å². The van der Waals surface area contributed by atoms with E-state index >= 15 is 0 Å². The third-order valence-electron chi connectivity index (χ3n) is 4.09. The van der Waals surface area contributed by atoms with E-state index in [0.29, 0.717) is 50.6 Å². The number of hydrogen-bond acceptors (Lipinski definition) is 4. The third-order valence-corrected chi connectivity index (χ3v) is 4.35. The van der Waals surface area contributed by atoms with E-state index in [1.165, 1.54) is 0 Å². The molecule has 0 aliphatic carbocycles. The second-order valence-corrected chi connectivity index (χ2v) is 6.06. The summed E-state index contributed by atoms with van der Waals surface area (Å²) in [7, 11) is 0. The molecule has 0 radical (unpaired) electrons. The van der Waals surface area contributed by atoms with E-state index in [9.17, 15) is 9.59 Å². The van der Waals surface area contributed by atoms with Gasteiger partial charge < -0.3 is 10.2 Å². The molecule has 2 aromatic rings. The number of aromatic nitrogens is 2. The van der Waals surface area contributed by atoms with Gasteiger partial charge in [0.05, 0.1) is 6.54 Å². The normalized spacial score (nSPS) is 15.7. The molecule has 0 saturated carbocycles. The molecule has 2 amide bonds. The number of carbonyl (C=O) groups excluding carboxylic acids is 2. The maximum Gasteiger partial charge on any atom is 0.274 e. The van der Waals surface area contributed by atoms with Gasteiger partial charge in [-0.2, -0.15) is 0 Å². The molecule has 0 unspecified atom stereocenters. The quantitative estimate of drug-likeness (QED) is 0.889. The van der Waals surface area contributed by atoms with Crippen LogP contribution >= 0.6 is 11.6 Å². The zero-order valence-corrected chi connectivity index (χ0v) is 14.3. The summed E-state index contributed by atoms with van der Waals surface area (Å²) >= 11 is 6.17. The van der Waals surface area contributed by atoms with Crippen LogP contribution in [0.4, 0.5) is 0 Å². The molecule has 1 aliphatic heterocycles. The van der Waals surface area contributed by atoms with Crippen LogP contribution in [0.1, 0.15) is 17.4 Å². The lowest BCUT2D eigenvalue weighted by Crippen LogP contribution is -2.51. The zero-order chi connectivity index (χ0) is 17.1. The average Bonchev–Trinajstić information content (AvgIpc) is 2.91. The number of pyridine rings is 1. The van der Waals surface area contributed by atoms with Gasteiger partial charge in [-0.05, 0) is 19.1 Å². The van der Waals surface area contributed by atoms with E-state index < -0.39 is 0 Å². The van der Waals surface area contributed by atoms with Crippen molar-refractivity contribution in [1.29, 1.82) is 0 Å². The van der Waals surface area contributed by atoms with Crippen molar-refractivity contribution in [2.24, 2.45) is 0 Å². The Kier molecular flexibility index (Phi) is 5.01. The van der Waals surface area contributed by atoms with Crippen LogP contribution in [0.5, 0.6) is 0 Å². The Balaban J connectivity index is 1.67. The first-order chi connectivity index (χ1) is 11.6. The van der Waals surface area contributed by atoms with Crippen LogP contribution in [0, 0.1) is 0 Å². The number of likely N-dealkylation sites (N-methyl/N-ethyl adjacent to an activating group) is 1. The number of carbonyl (C=O) groups is 2. The van der Waals surface area contributed by atoms with E-state index in [2.05, 4.69) is 10.3 Å². The van der Waals surface area contributed by atoms with Crippen molar-refractivity contribution in [3.63, 3.8) is 0 Å². The number of nitrogens with one attached hydrogen (secondary N) is 1. The number of piperazine rings is 1. The summed E-state index contributed by atoms with van der Waals surface area (Å²) in [5.41, 5.74) is 1.05. The van der Waals surface area contributed by atoms with Gasteiger partial charge in [0, 0.05) is 38.9 Å². The van der Waals surface area contributed by atoms with Crippen molar-refractivity contribution >= 4 is 29.1 Å². The summed E-state index contributed by atoms with van der Waals surface area (Å²) < 4.78 is 1.71. The third kappa shape index (κ3) is 3.37. The molecule has 1 saturated heterocycles. The lowest BCUT2D eigenvalue weighted by atomic mass is 10.2. The standard InChI is InChI=1S/C16H20ClN5O2/c1-2-18-13(23)11-20-7-9-21(10-8-20)16(24)14-15(17)19-12-5-3-4-6-22(12)14/h3-6H,2,7-11H2,1H3,(H,18,23). The molecule has 24 heavy (non-hydrogen) atoms. The lowest BCUT2D eigenvalue weighted by molar-refractivity contribution is -0.122. The minimum Gasteiger partial charge on any atom is -0.355 e. The molecule has 1 aliphatic rings. The number of imidazole rings is 1. The molecule has 2 aromatic heterocycles. The molecule has 7 nitrogen and oxygen atoms in total. The molecule has 0 atom stereocenters. The van der Waals surface area contributed by atoms with E-state index in [4.69, 9.17) is 11.6 Å². The largest absolute Gasteiger partial charge is 0.355 e. The average molecular weight is 350 g/mol. The van der Waals surface area contributed by atoms with Crippen LogP contribution in [-0.4, -0.2) is 70.3 Å². The molecular weight excluding hydrogens is 330 g/mol. The number of nitrogens with zero attached hydrogens (tertiary/aromatic N) is 4. The first-order valence-corrected chi connectivity index (χ1v) is 8.39. The maximum atomic E-state index is 12.8. The molecule has 1 N–H and O–H groups in total. The first-order valence-electron chi connectivity index (χ1n) is 8.01. The predicted octanol–water partition coefficient (Wildman–Crippen LogP) is 0.882. The minimum absolute atomic E-state index is 0.0158. The summed E-state index contributed by atoms with van der Waals surface area (Å²) in [4.78, 5) is 32.5. The number of rotatable bonds is 4. The van der Waals surface area contributed by atoms with Crippen molar-refractivity contribution in [3.8, 4) is 0 Å². The van der Waals surface area contributed by atoms with Crippen LogP contribution in [-0.2, 0) is 4.79 Å². The summed E-state index contributed by atoms with van der Waals surface area (Å²) in [5, 5.41) is 3.01. The molecule has 3 heterocycles. The Bertz CT molecular complexity index is 752. The lowest BCUT2D eigenvalue weighted by Gasteiger charge is -2.34. The first kappa shape index (κ1) is 16.7. The number of fused-ring (bicyclic) bond motifs is 1. The molecule has 1 fully saturated rings. The Labute approximate surface area is 145 Å². The van der Waals surface area contributed by atoms with Crippen LogP contribution in [0.15, 0.2) is 24.4 Å². The molecule has 0 bridgehead atoms. The van der Waals surface area contributed by atoms with Gasteiger partial charge in [-0.1, -0.05) is 17.7 Å². The Morgan fingerprint density at radius 2 is 2.00 bits per heavy atom. The predicted molar refractivity (Wildman–Crippen MR) is 91.2 cm³/mol. The summed E-state index contributed by atoms with van der Waals surface area (Å²) in [5.74, 6) is -0.113. The van der Waals surface area contributed by atoms with Gasteiger partial charge in [0.2, 0.25) is 5.91 Å². The van der Waals surface area contributed by atoms with Gasteiger partial charge in [0.25, 0.3) is 5.91 Å². The molecule has 3 rings (SSSR count). The Hall–Kier alpha value is -2.12. The fraction of sp³-hybridized carbons (Fsp3) is 0.438. The second-order valence-electron chi connectivity index (χ2n) is 5.70. The molecule has 128 valence electrons. The van der Waals surface area contributed by atoms with Crippen molar-refractivity contribution in [2.75, 3.05) is 39.3 Å². The molecular formula is C16H20ClN5O2. The van der Waals surface area contributed by atoms with E-state index in [0.717, 1.165) is 0 Å². The van der Waals surface area contributed by atoms with Crippen LogP contribution in [0.25, 0.3) is 5.65 Å². The highest BCUT2D eigenvalue weighted by atomic mass is 35.5. The second kappa shape index (κ2) is 7.19. The van der Waals surface area contributed by atoms with Gasteiger partial charge >= 0.3 is 0 Å². The van der Waals surface area contributed by atoms with E-state index in [-0.39, 0.29) is 17.0 Å². The van der Waals surface area contributed by atoms with Gasteiger partial charge in [0.15, 0.2) is 10.8 Å². The highest BCUT2D eigenvalue weighted by Gasteiger charge is 2.27. The van der Waals surface area contributed by atoms with Crippen molar-refractivity contribution < 1.29 is 9.59 Å². The number of hydrogen-bond donors (Lipinski definition) is 1. The maximum absolute atomic E-state index is 12.8. The number of halogens is 1. The zero-order valence-electron chi connectivity index (χ0n) is 13.5. The Morgan fingerprint density at radius 1 is 1.25 bits per heavy atom. The highest BCUT2D eigenvalue weighted by molar-refractivity contribution is 6.32. The smallest absolute Gasteiger partial charge is 0.274 e. The number of amides is 2. The summed E-state index contributed by atoms with van der Waals surface area (Å²) in [6.07, 6.45) is 1.78. The van der Waals surface area contributed by atoms with Crippen LogP contribution in [0.3, 0.4) is 0 Å². The minimum atomic E-state index is -0.128. The molecule has 0 aromatic carbocycles. The van der Waals surface area contributed by atoms with Gasteiger partial charge in [-0.25, -0.2) is 4.98 Å². The summed E-state index contributed by atoms with van der Waals surface area (Å²) in [6.45, 7) is 5.35. The van der Waals surface area contributed by atoms with Crippen molar-refractivity contribution in [1.82, 2.24) is 24.5 Å². The summed E-state index contributed by atoms with van der Waals surface area (Å²) in [6, 6.07) is 5.51. The van der Waals surface area contributed by atoms with Gasteiger partial charge in [-0.15, -0.1) is 0 Å². The van der Waals surface area contributed by atoms with Gasteiger partial charge in [0.1, 0.15) is 5.65 Å².